The Morgan fingerprint density at radius 1 is 1.62 bits per heavy atom. The Labute approximate surface area is 88.1 Å². The predicted octanol–water partition coefficient (Wildman–Crippen LogP) is 0.947. The van der Waals surface area contributed by atoms with Crippen molar-refractivity contribution in [1.29, 1.82) is 0 Å². The third-order valence-corrected chi connectivity index (χ3v) is 1.92. The molecule has 1 aromatic heterocycles. The summed E-state index contributed by atoms with van der Waals surface area (Å²) in [7, 11) is 1.20. The second-order valence-corrected chi connectivity index (χ2v) is 3.19. The van der Waals surface area contributed by atoms with Gasteiger partial charge in [0.15, 0.2) is 5.69 Å². The average molecular weight is 238 g/mol. The van der Waals surface area contributed by atoms with Gasteiger partial charge in [-0.3, -0.25) is 9.48 Å². The highest BCUT2D eigenvalue weighted by Crippen LogP contribution is 2.30. The number of alkyl halides is 3. The van der Waals surface area contributed by atoms with E-state index in [1.807, 2.05) is 0 Å². The summed E-state index contributed by atoms with van der Waals surface area (Å²) in [4.78, 5) is 10.3. The zero-order chi connectivity index (χ0) is 12.5. The number of aromatic nitrogens is 2. The molecule has 0 aliphatic rings. The summed E-state index contributed by atoms with van der Waals surface area (Å²) in [6, 6.07) is 0.633. The van der Waals surface area contributed by atoms with Crippen LogP contribution in [-0.4, -0.2) is 26.0 Å². The van der Waals surface area contributed by atoms with Crippen LogP contribution in [-0.2, 0) is 18.0 Å². The maximum absolute atomic E-state index is 12.2. The number of aliphatic hydroxyl groups is 1. The van der Waals surface area contributed by atoms with E-state index in [2.05, 4.69) is 5.10 Å². The zero-order valence-corrected chi connectivity index (χ0v) is 8.19. The van der Waals surface area contributed by atoms with Gasteiger partial charge in [0.25, 0.3) is 0 Å². The van der Waals surface area contributed by atoms with Gasteiger partial charge in [-0.15, -0.1) is 0 Å². The van der Waals surface area contributed by atoms with Crippen LogP contribution in [0.3, 0.4) is 0 Å². The number of aryl methyl sites for hydroxylation is 1. The number of hydrogen-bond donors (Lipinski definition) is 2. The Morgan fingerprint density at radius 2 is 2.19 bits per heavy atom. The molecule has 90 valence electrons. The molecule has 0 unspecified atom stereocenters. The maximum Gasteiger partial charge on any atom is 0.435 e. The summed E-state index contributed by atoms with van der Waals surface area (Å²) in [5.74, 6) is -1.30. The van der Waals surface area contributed by atoms with Crippen molar-refractivity contribution in [2.24, 2.45) is 7.05 Å². The SMILES string of the molecule is Cn1nc(C(F)(F)F)cc1[C@H](O)CC(=O)O. The zero-order valence-electron chi connectivity index (χ0n) is 8.19. The van der Waals surface area contributed by atoms with Gasteiger partial charge in [-0.05, 0) is 6.07 Å². The minimum Gasteiger partial charge on any atom is -0.481 e. The van der Waals surface area contributed by atoms with Crippen LogP contribution in [0.2, 0.25) is 0 Å². The van der Waals surface area contributed by atoms with Crippen molar-refractivity contribution >= 4 is 5.97 Å². The molecule has 1 aromatic rings. The van der Waals surface area contributed by atoms with Gasteiger partial charge in [0, 0.05) is 7.05 Å². The molecule has 0 radical (unpaired) electrons. The van der Waals surface area contributed by atoms with Gasteiger partial charge in [0.1, 0.15) is 6.10 Å². The van der Waals surface area contributed by atoms with Crippen LogP contribution in [0.4, 0.5) is 13.2 Å². The van der Waals surface area contributed by atoms with Gasteiger partial charge in [-0.2, -0.15) is 18.3 Å². The molecular weight excluding hydrogens is 229 g/mol. The van der Waals surface area contributed by atoms with Crippen LogP contribution in [0, 0.1) is 0 Å². The summed E-state index contributed by atoms with van der Waals surface area (Å²) in [6.07, 6.45) is -6.79. The van der Waals surface area contributed by atoms with E-state index in [9.17, 15) is 23.1 Å². The fourth-order valence-corrected chi connectivity index (χ4v) is 1.20. The van der Waals surface area contributed by atoms with Crippen molar-refractivity contribution in [2.45, 2.75) is 18.7 Å². The number of hydrogen-bond acceptors (Lipinski definition) is 3. The molecule has 0 spiro atoms. The molecule has 0 amide bonds. The van der Waals surface area contributed by atoms with Crippen LogP contribution in [0.5, 0.6) is 0 Å². The minimum absolute atomic E-state index is 0.185. The molecule has 2 N–H and O–H groups in total. The van der Waals surface area contributed by atoms with E-state index in [1.54, 1.807) is 0 Å². The second-order valence-electron chi connectivity index (χ2n) is 3.19. The van der Waals surface area contributed by atoms with Gasteiger partial charge in [-0.25, -0.2) is 0 Å². The Kier molecular flexibility index (Phi) is 3.22. The number of carbonyl (C=O) groups is 1. The van der Waals surface area contributed by atoms with E-state index in [0.29, 0.717) is 6.07 Å². The standard InChI is InChI=1S/C8H9F3N2O3/c1-13-4(5(14)3-7(15)16)2-6(12-13)8(9,10)11/h2,5,14H,3H2,1H3,(H,15,16)/t5-/m1/s1. The molecular formula is C8H9F3N2O3. The molecule has 8 heteroatoms. The first-order chi connectivity index (χ1) is 7.21. The molecule has 1 heterocycles. The molecule has 16 heavy (non-hydrogen) atoms. The van der Waals surface area contributed by atoms with Crippen molar-refractivity contribution < 1.29 is 28.2 Å². The summed E-state index contributed by atoms with van der Waals surface area (Å²) in [5, 5.41) is 20.9. The molecule has 1 atom stereocenters. The molecule has 5 nitrogen and oxygen atoms in total. The van der Waals surface area contributed by atoms with Crippen molar-refractivity contribution in [1.82, 2.24) is 9.78 Å². The molecule has 0 aromatic carbocycles. The highest BCUT2D eigenvalue weighted by molar-refractivity contribution is 5.67. The van der Waals surface area contributed by atoms with Gasteiger partial charge in [0.05, 0.1) is 12.1 Å². The van der Waals surface area contributed by atoms with Crippen LogP contribution < -0.4 is 0 Å². The number of nitrogens with zero attached hydrogens (tertiary/aromatic N) is 2. The highest BCUT2D eigenvalue weighted by Gasteiger charge is 2.35. The Hall–Kier alpha value is -1.57. The number of rotatable bonds is 3. The Balaban J connectivity index is 2.98. The minimum atomic E-state index is -4.61. The molecule has 0 fully saturated rings. The van der Waals surface area contributed by atoms with Crippen molar-refractivity contribution in [3.05, 3.63) is 17.5 Å². The van der Waals surface area contributed by atoms with Gasteiger partial charge >= 0.3 is 12.1 Å². The first-order valence-electron chi connectivity index (χ1n) is 4.23. The smallest absolute Gasteiger partial charge is 0.435 e. The lowest BCUT2D eigenvalue weighted by molar-refractivity contribution is -0.141. The first-order valence-corrected chi connectivity index (χ1v) is 4.23. The quantitative estimate of drug-likeness (QED) is 0.821. The maximum atomic E-state index is 12.2. The summed E-state index contributed by atoms with van der Waals surface area (Å²) < 4.78 is 37.5. The fraction of sp³-hybridized carbons (Fsp3) is 0.500. The summed E-state index contributed by atoms with van der Waals surface area (Å²) in [6.45, 7) is 0. The van der Waals surface area contributed by atoms with E-state index in [1.165, 1.54) is 7.05 Å². The van der Waals surface area contributed by atoms with E-state index < -0.39 is 30.4 Å². The van der Waals surface area contributed by atoms with Crippen LogP contribution in [0.15, 0.2) is 6.07 Å². The van der Waals surface area contributed by atoms with Gasteiger partial charge in [-0.1, -0.05) is 0 Å². The molecule has 0 saturated carbocycles. The van der Waals surface area contributed by atoms with Gasteiger partial charge in [0.2, 0.25) is 0 Å². The predicted molar refractivity (Wildman–Crippen MR) is 45.4 cm³/mol. The topological polar surface area (TPSA) is 75.3 Å². The fourth-order valence-electron chi connectivity index (χ4n) is 1.20. The number of halogens is 3. The van der Waals surface area contributed by atoms with E-state index >= 15 is 0 Å². The second kappa shape index (κ2) is 4.12. The van der Waals surface area contributed by atoms with E-state index in [4.69, 9.17) is 5.11 Å². The van der Waals surface area contributed by atoms with Crippen molar-refractivity contribution in [3.63, 3.8) is 0 Å². The molecule has 1 rings (SSSR count). The summed E-state index contributed by atoms with van der Waals surface area (Å²) in [5.41, 5.74) is -1.34. The van der Waals surface area contributed by atoms with E-state index in [-0.39, 0.29) is 5.69 Å². The summed E-state index contributed by atoms with van der Waals surface area (Å²) >= 11 is 0. The van der Waals surface area contributed by atoms with Crippen LogP contribution >= 0.6 is 0 Å². The number of carboxylic acid groups (broad SMARTS) is 1. The lowest BCUT2D eigenvalue weighted by Gasteiger charge is -2.06. The molecule has 0 aliphatic heterocycles. The molecule has 0 bridgehead atoms. The Morgan fingerprint density at radius 3 is 2.56 bits per heavy atom. The van der Waals surface area contributed by atoms with Crippen LogP contribution in [0.25, 0.3) is 0 Å². The van der Waals surface area contributed by atoms with Crippen molar-refractivity contribution in [3.8, 4) is 0 Å². The molecule has 0 aliphatic carbocycles. The third kappa shape index (κ3) is 2.72. The van der Waals surface area contributed by atoms with E-state index in [0.717, 1.165) is 4.68 Å². The number of carboxylic acids is 1. The average Bonchev–Trinajstić information content (AvgIpc) is 2.44. The lowest BCUT2D eigenvalue weighted by Crippen LogP contribution is -2.09. The highest BCUT2D eigenvalue weighted by atomic mass is 19.4. The lowest BCUT2D eigenvalue weighted by atomic mass is 10.2. The first kappa shape index (κ1) is 12.5. The monoisotopic (exact) mass is 238 g/mol. The normalized spacial score (nSPS) is 13.8. The number of aliphatic hydroxyl groups excluding tert-OH is 1. The van der Waals surface area contributed by atoms with Crippen molar-refractivity contribution in [2.75, 3.05) is 0 Å². The van der Waals surface area contributed by atoms with Crippen LogP contribution in [0.1, 0.15) is 23.9 Å². The largest absolute Gasteiger partial charge is 0.481 e. The van der Waals surface area contributed by atoms with Gasteiger partial charge < -0.3 is 10.2 Å². The molecule has 0 saturated heterocycles. The number of aliphatic carboxylic acids is 1. The third-order valence-electron chi connectivity index (χ3n) is 1.92. The Bertz CT molecular complexity index is 400.